The van der Waals surface area contributed by atoms with E-state index >= 15 is 0 Å². The van der Waals surface area contributed by atoms with Gasteiger partial charge in [-0.15, -0.1) is 0 Å². The van der Waals surface area contributed by atoms with Crippen molar-refractivity contribution in [3.05, 3.63) is 42.0 Å². The van der Waals surface area contributed by atoms with E-state index in [2.05, 4.69) is 38.1 Å². The molecule has 82 valence electrons. The van der Waals surface area contributed by atoms with Crippen molar-refractivity contribution in [1.82, 2.24) is 0 Å². The van der Waals surface area contributed by atoms with Crippen molar-refractivity contribution in [2.75, 3.05) is 11.6 Å². The van der Waals surface area contributed by atoms with Crippen molar-refractivity contribution >= 4 is 16.5 Å². The van der Waals surface area contributed by atoms with Crippen LogP contribution < -0.4 is 5.06 Å². The Hall–Kier alpha value is -1.54. The molecule has 2 aromatic carbocycles. The molecule has 0 saturated heterocycles. The van der Waals surface area contributed by atoms with Gasteiger partial charge in [-0.3, -0.25) is 10.3 Å². The van der Waals surface area contributed by atoms with Gasteiger partial charge in [0, 0.05) is 10.8 Å². The minimum absolute atomic E-state index is 0.0219. The summed E-state index contributed by atoms with van der Waals surface area (Å²) in [7, 11) is 0. The van der Waals surface area contributed by atoms with E-state index in [0.29, 0.717) is 6.54 Å². The summed E-state index contributed by atoms with van der Waals surface area (Å²) in [5.74, 6) is 0. The first kappa shape index (κ1) is 9.67. The summed E-state index contributed by atoms with van der Waals surface area (Å²) in [4.78, 5) is 0. The van der Waals surface area contributed by atoms with Gasteiger partial charge in [-0.1, -0.05) is 50.2 Å². The zero-order valence-corrected chi connectivity index (χ0v) is 9.57. The third kappa shape index (κ3) is 1.17. The van der Waals surface area contributed by atoms with Crippen molar-refractivity contribution < 1.29 is 5.21 Å². The maximum atomic E-state index is 10.0. The summed E-state index contributed by atoms with van der Waals surface area (Å²) in [6.07, 6.45) is 0. The number of hydrogen-bond donors (Lipinski definition) is 1. The highest BCUT2D eigenvalue weighted by atomic mass is 16.5. The second-order valence-corrected chi connectivity index (χ2v) is 5.12. The second kappa shape index (κ2) is 2.98. The maximum Gasteiger partial charge on any atom is 0.0750 e. The molecule has 3 rings (SSSR count). The van der Waals surface area contributed by atoms with E-state index in [1.165, 1.54) is 16.0 Å². The number of fused-ring (bicyclic) bond motifs is 3. The molecule has 0 aromatic heterocycles. The van der Waals surface area contributed by atoms with Crippen LogP contribution in [0.5, 0.6) is 0 Å². The second-order valence-electron chi connectivity index (χ2n) is 5.12. The van der Waals surface area contributed by atoms with Crippen LogP contribution in [0.25, 0.3) is 10.8 Å². The van der Waals surface area contributed by atoms with E-state index in [0.717, 1.165) is 11.1 Å². The van der Waals surface area contributed by atoms with Crippen LogP contribution in [0.2, 0.25) is 0 Å². The van der Waals surface area contributed by atoms with Gasteiger partial charge in [-0.2, -0.15) is 0 Å². The fraction of sp³-hybridized carbons (Fsp3) is 0.286. The van der Waals surface area contributed by atoms with Crippen molar-refractivity contribution in [1.29, 1.82) is 0 Å². The van der Waals surface area contributed by atoms with Gasteiger partial charge in [0.05, 0.1) is 12.2 Å². The molecule has 0 amide bonds. The molecule has 16 heavy (non-hydrogen) atoms. The van der Waals surface area contributed by atoms with E-state index in [1.807, 2.05) is 12.1 Å². The molecule has 0 radical (unpaired) electrons. The Labute approximate surface area is 95.1 Å². The Morgan fingerprint density at radius 1 is 1.12 bits per heavy atom. The zero-order chi connectivity index (χ0) is 11.3. The highest BCUT2D eigenvalue weighted by molar-refractivity contribution is 5.97. The summed E-state index contributed by atoms with van der Waals surface area (Å²) in [5.41, 5.74) is 2.23. The van der Waals surface area contributed by atoms with Crippen molar-refractivity contribution in [2.45, 2.75) is 19.3 Å². The molecule has 0 bridgehead atoms. The minimum Gasteiger partial charge on any atom is -0.288 e. The van der Waals surface area contributed by atoms with Crippen LogP contribution in [0.15, 0.2) is 36.4 Å². The number of nitrogens with zero attached hydrogens (tertiary/aromatic N) is 1. The largest absolute Gasteiger partial charge is 0.288 e. The van der Waals surface area contributed by atoms with Crippen LogP contribution in [-0.2, 0) is 5.41 Å². The fourth-order valence-corrected chi connectivity index (χ4v) is 2.62. The predicted octanol–water partition coefficient (Wildman–Crippen LogP) is 3.33. The lowest BCUT2D eigenvalue weighted by atomic mass is 9.86. The van der Waals surface area contributed by atoms with Gasteiger partial charge in [-0.05, 0) is 10.9 Å². The quantitative estimate of drug-likeness (QED) is 0.725. The van der Waals surface area contributed by atoms with Gasteiger partial charge < -0.3 is 0 Å². The molecular weight excluding hydrogens is 198 g/mol. The molecule has 0 atom stereocenters. The standard InChI is InChI=1S/C14H15NO/c1-14(2)9-15(16)13-11-6-4-3-5-10(11)7-8-12(13)14/h3-8,16H,9H2,1-2H3. The molecule has 2 heteroatoms. The Balaban J connectivity index is 2.40. The molecule has 2 aromatic rings. The molecule has 0 saturated carbocycles. The monoisotopic (exact) mass is 213 g/mol. The normalized spacial score (nSPS) is 17.8. The molecule has 2 nitrogen and oxygen atoms in total. The van der Waals surface area contributed by atoms with Crippen molar-refractivity contribution in [2.24, 2.45) is 0 Å². The lowest BCUT2D eigenvalue weighted by Crippen LogP contribution is -2.25. The Bertz CT molecular complexity index is 560. The van der Waals surface area contributed by atoms with E-state index < -0.39 is 0 Å². The van der Waals surface area contributed by atoms with E-state index in [9.17, 15) is 5.21 Å². The number of anilines is 1. The van der Waals surface area contributed by atoms with Gasteiger partial charge in [0.1, 0.15) is 0 Å². The van der Waals surface area contributed by atoms with Gasteiger partial charge in [-0.25, -0.2) is 0 Å². The Kier molecular flexibility index (Phi) is 1.80. The van der Waals surface area contributed by atoms with Gasteiger partial charge in [0.15, 0.2) is 0 Å². The molecular formula is C14H15NO. The number of hydrogen-bond acceptors (Lipinski definition) is 2. The first-order valence-electron chi connectivity index (χ1n) is 5.58. The molecule has 1 heterocycles. The number of rotatable bonds is 0. The van der Waals surface area contributed by atoms with Crippen LogP contribution >= 0.6 is 0 Å². The van der Waals surface area contributed by atoms with Crippen molar-refractivity contribution in [3.63, 3.8) is 0 Å². The topological polar surface area (TPSA) is 23.5 Å². The molecule has 1 aliphatic rings. The first-order chi connectivity index (χ1) is 7.59. The molecule has 1 aliphatic heterocycles. The summed E-state index contributed by atoms with van der Waals surface area (Å²) >= 11 is 0. The van der Waals surface area contributed by atoms with Crippen LogP contribution in [0.1, 0.15) is 19.4 Å². The molecule has 0 spiro atoms. The third-order valence-electron chi connectivity index (χ3n) is 3.43. The first-order valence-corrected chi connectivity index (χ1v) is 5.58. The zero-order valence-electron chi connectivity index (χ0n) is 9.57. The Morgan fingerprint density at radius 2 is 1.88 bits per heavy atom. The average molecular weight is 213 g/mol. The fourth-order valence-electron chi connectivity index (χ4n) is 2.62. The molecule has 0 fully saturated rings. The minimum atomic E-state index is 0.0219. The van der Waals surface area contributed by atoms with E-state index in [1.54, 1.807) is 0 Å². The summed E-state index contributed by atoms with van der Waals surface area (Å²) in [5, 5.41) is 13.7. The maximum absolute atomic E-state index is 10.0. The predicted molar refractivity (Wildman–Crippen MR) is 66.1 cm³/mol. The van der Waals surface area contributed by atoms with Gasteiger partial charge in [0.2, 0.25) is 0 Å². The summed E-state index contributed by atoms with van der Waals surface area (Å²) in [6.45, 7) is 4.99. The molecule has 0 unspecified atom stereocenters. The lowest BCUT2D eigenvalue weighted by molar-refractivity contribution is 0.248. The lowest BCUT2D eigenvalue weighted by Gasteiger charge is -2.17. The van der Waals surface area contributed by atoms with E-state index in [-0.39, 0.29) is 5.41 Å². The SMILES string of the molecule is CC1(C)CN(O)c2c1ccc1ccccc21. The van der Waals surface area contributed by atoms with Crippen LogP contribution in [-0.4, -0.2) is 11.8 Å². The van der Waals surface area contributed by atoms with Crippen LogP contribution in [0, 0.1) is 0 Å². The van der Waals surface area contributed by atoms with Gasteiger partial charge >= 0.3 is 0 Å². The molecule has 1 N–H and O–H groups in total. The Morgan fingerprint density at radius 3 is 2.69 bits per heavy atom. The highest BCUT2D eigenvalue weighted by Gasteiger charge is 2.35. The van der Waals surface area contributed by atoms with Crippen LogP contribution in [0.3, 0.4) is 0 Å². The smallest absolute Gasteiger partial charge is 0.0750 e. The highest BCUT2D eigenvalue weighted by Crippen LogP contribution is 2.43. The van der Waals surface area contributed by atoms with Gasteiger partial charge in [0.25, 0.3) is 0 Å². The average Bonchev–Trinajstić information content (AvgIpc) is 2.49. The van der Waals surface area contributed by atoms with Crippen LogP contribution in [0.4, 0.5) is 5.69 Å². The molecule has 0 aliphatic carbocycles. The van der Waals surface area contributed by atoms with E-state index in [4.69, 9.17) is 0 Å². The van der Waals surface area contributed by atoms with Crippen molar-refractivity contribution in [3.8, 4) is 0 Å². The summed E-state index contributed by atoms with van der Waals surface area (Å²) < 4.78 is 0. The number of hydroxylamine groups is 1. The third-order valence-corrected chi connectivity index (χ3v) is 3.43. The summed E-state index contributed by atoms with van der Waals surface area (Å²) in [6, 6.07) is 12.5. The number of benzene rings is 2.